The molecule has 24 heavy (non-hydrogen) atoms. The first kappa shape index (κ1) is 17.7. The highest BCUT2D eigenvalue weighted by molar-refractivity contribution is 7.99. The number of nitrogens with zero attached hydrogens (tertiary/aromatic N) is 3. The van der Waals surface area contributed by atoms with Crippen molar-refractivity contribution in [3.63, 3.8) is 0 Å². The van der Waals surface area contributed by atoms with Gasteiger partial charge in [0.1, 0.15) is 5.82 Å². The smallest absolute Gasteiger partial charge is 0.230 e. The van der Waals surface area contributed by atoms with Crippen molar-refractivity contribution in [2.45, 2.75) is 82.1 Å². The standard InChI is InChI=1S/C17H28N4O2S/c1-2-6-15-19-20-17(21(15)11-14-9-5-10-23-14)24-12-16(22)18-13-7-3-4-8-13/h13-14H,2-12H2,1H3,(H,18,22)/t14-/m0/s1. The Hall–Kier alpha value is -1.08. The van der Waals surface area contributed by atoms with E-state index < -0.39 is 0 Å². The maximum atomic E-state index is 12.1. The van der Waals surface area contributed by atoms with E-state index in [0.717, 1.165) is 62.7 Å². The van der Waals surface area contributed by atoms with Gasteiger partial charge in [0.05, 0.1) is 18.4 Å². The molecule has 1 atom stereocenters. The van der Waals surface area contributed by atoms with Gasteiger partial charge in [-0.3, -0.25) is 4.79 Å². The quantitative estimate of drug-likeness (QED) is 0.728. The average molecular weight is 353 g/mol. The van der Waals surface area contributed by atoms with Gasteiger partial charge in [-0.15, -0.1) is 10.2 Å². The molecular weight excluding hydrogens is 324 g/mol. The molecule has 134 valence electrons. The molecule has 1 amide bonds. The molecule has 1 aliphatic carbocycles. The van der Waals surface area contributed by atoms with Crippen molar-refractivity contribution < 1.29 is 9.53 Å². The first-order valence-corrected chi connectivity index (χ1v) is 10.2. The third-order valence-corrected chi connectivity index (χ3v) is 5.70. The Labute approximate surface area is 148 Å². The number of aryl methyl sites for hydroxylation is 1. The van der Waals surface area contributed by atoms with Crippen molar-refractivity contribution in [2.75, 3.05) is 12.4 Å². The molecule has 1 aliphatic heterocycles. The second-order valence-corrected chi connectivity index (χ2v) is 7.67. The molecule has 0 radical (unpaired) electrons. The lowest BCUT2D eigenvalue weighted by molar-refractivity contribution is -0.119. The van der Waals surface area contributed by atoms with Crippen LogP contribution in [0.1, 0.15) is 57.7 Å². The molecular formula is C17H28N4O2S. The lowest BCUT2D eigenvalue weighted by Crippen LogP contribution is -2.33. The molecule has 0 spiro atoms. The van der Waals surface area contributed by atoms with Crippen LogP contribution in [0.25, 0.3) is 0 Å². The van der Waals surface area contributed by atoms with Crippen molar-refractivity contribution >= 4 is 17.7 Å². The Morgan fingerprint density at radius 2 is 2.12 bits per heavy atom. The van der Waals surface area contributed by atoms with Gasteiger partial charge in [0, 0.05) is 19.1 Å². The maximum Gasteiger partial charge on any atom is 0.230 e. The van der Waals surface area contributed by atoms with E-state index in [1.165, 1.54) is 24.6 Å². The highest BCUT2D eigenvalue weighted by atomic mass is 32.2. The summed E-state index contributed by atoms with van der Waals surface area (Å²) in [6.07, 6.45) is 9.12. The predicted octanol–water partition coefficient (Wildman–Crippen LogP) is 2.56. The van der Waals surface area contributed by atoms with Crippen LogP contribution in [-0.4, -0.2) is 45.2 Å². The summed E-state index contributed by atoms with van der Waals surface area (Å²) >= 11 is 1.49. The molecule has 7 heteroatoms. The summed E-state index contributed by atoms with van der Waals surface area (Å²) in [5, 5.41) is 12.6. The molecule has 0 unspecified atom stereocenters. The lowest BCUT2D eigenvalue weighted by Gasteiger charge is -2.15. The zero-order valence-electron chi connectivity index (χ0n) is 14.5. The fraction of sp³-hybridized carbons (Fsp3) is 0.824. The van der Waals surface area contributed by atoms with E-state index >= 15 is 0 Å². The number of amides is 1. The highest BCUT2D eigenvalue weighted by Crippen LogP contribution is 2.22. The summed E-state index contributed by atoms with van der Waals surface area (Å²) < 4.78 is 7.92. The maximum absolute atomic E-state index is 12.1. The lowest BCUT2D eigenvalue weighted by atomic mass is 10.2. The molecule has 0 aromatic carbocycles. The van der Waals surface area contributed by atoms with Crippen LogP contribution in [0.2, 0.25) is 0 Å². The Morgan fingerprint density at radius 3 is 2.83 bits per heavy atom. The topological polar surface area (TPSA) is 69.0 Å². The summed E-state index contributed by atoms with van der Waals surface area (Å²) in [6, 6.07) is 0.374. The summed E-state index contributed by atoms with van der Waals surface area (Å²) in [6.45, 7) is 3.80. The van der Waals surface area contributed by atoms with E-state index in [1.807, 2.05) is 0 Å². The highest BCUT2D eigenvalue weighted by Gasteiger charge is 2.22. The molecule has 1 saturated heterocycles. The van der Waals surface area contributed by atoms with E-state index in [-0.39, 0.29) is 12.0 Å². The van der Waals surface area contributed by atoms with Crippen LogP contribution in [0.15, 0.2) is 5.16 Å². The summed E-state index contributed by atoms with van der Waals surface area (Å²) in [7, 11) is 0. The summed E-state index contributed by atoms with van der Waals surface area (Å²) in [5.74, 6) is 1.52. The largest absolute Gasteiger partial charge is 0.376 e. The van der Waals surface area contributed by atoms with Gasteiger partial charge in [0.2, 0.25) is 5.91 Å². The predicted molar refractivity (Wildman–Crippen MR) is 94.1 cm³/mol. The fourth-order valence-electron chi connectivity index (χ4n) is 3.48. The van der Waals surface area contributed by atoms with Crippen LogP contribution in [0.5, 0.6) is 0 Å². The molecule has 6 nitrogen and oxygen atoms in total. The number of hydrogen-bond donors (Lipinski definition) is 1. The number of nitrogens with one attached hydrogen (secondary N) is 1. The third-order valence-electron chi connectivity index (χ3n) is 4.73. The SMILES string of the molecule is CCCc1nnc(SCC(=O)NC2CCCC2)n1C[C@@H]1CCCO1. The Bertz CT molecular complexity index is 537. The van der Waals surface area contributed by atoms with Gasteiger partial charge in [-0.1, -0.05) is 31.5 Å². The van der Waals surface area contributed by atoms with Gasteiger partial charge in [-0.25, -0.2) is 0 Å². The summed E-state index contributed by atoms with van der Waals surface area (Å²) in [5.41, 5.74) is 0. The van der Waals surface area contributed by atoms with Crippen LogP contribution in [0.4, 0.5) is 0 Å². The first-order valence-electron chi connectivity index (χ1n) is 9.22. The molecule has 0 bridgehead atoms. The number of rotatable bonds is 8. The van der Waals surface area contributed by atoms with E-state index in [0.29, 0.717) is 11.8 Å². The molecule has 1 aromatic heterocycles. The van der Waals surface area contributed by atoms with E-state index in [2.05, 4.69) is 27.0 Å². The molecule has 1 N–H and O–H groups in total. The van der Waals surface area contributed by atoms with Crippen LogP contribution < -0.4 is 5.32 Å². The van der Waals surface area contributed by atoms with Gasteiger partial charge in [0.25, 0.3) is 0 Å². The molecule has 1 aromatic rings. The Morgan fingerprint density at radius 1 is 1.29 bits per heavy atom. The van der Waals surface area contributed by atoms with E-state index in [1.54, 1.807) is 0 Å². The van der Waals surface area contributed by atoms with Crippen molar-refractivity contribution in [3.8, 4) is 0 Å². The van der Waals surface area contributed by atoms with Gasteiger partial charge in [0.15, 0.2) is 5.16 Å². The molecule has 2 heterocycles. The van der Waals surface area contributed by atoms with E-state index in [4.69, 9.17) is 4.74 Å². The number of thioether (sulfide) groups is 1. The molecule has 2 fully saturated rings. The van der Waals surface area contributed by atoms with Crippen LogP contribution in [0.3, 0.4) is 0 Å². The zero-order valence-corrected chi connectivity index (χ0v) is 15.3. The Kier molecular flexibility index (Phi) is 6.54. The second-order valence-electron chi connectivity index (χ2n) is 6.73. The van der Waals surface area contributed by atoms with Crippen LogP contribution >= 0.6 is 11.8 Å². The van der Waals surface area contributed by atoms with Crippen molar-refractivity contribution in [2.24, 2.45) is 0 Å². The number of hydrogen-bond acceptors (Lipinski definition) is 5. The van der Waals surface area contributed by atoms with Gasteiger partial charge in [-0.05, 0) is 32.1 Å². The minimum absolute atomic E-state index is 0.107. The second kappa shape index (κ2) is 8.85. The minimum Gasteiger partial charge on any atom is -0.376 e. The van der Waals surface area contributed by atoms with Gasteiger partial charge >= 0.3 is 0 Å². The van der Waals surface area contributed by atoms with E-state index in [9.17, 15) is 4.79 Å². The first-order chi connectivity index (χ1) is 11.8. The van der Waals surface area contributed by atoms with Gasteiger partial charge in [-0.2, -0.15) is 0 Å². The number of carbonyl (C=O) groups is 1. The monoisotopic (exact) mass is 352 g/mol. The zero-order chi connectivity index (χ0) is 16.8. The van der Waals surface area contributed by atoms with Crippen LogP contribution in [-0.2, 0) is 22.5 Å². The van der Waals surface area contributed by atoms with Gasteiger partial charge < -0.3 is 14.6 Å². The molecule has 2 aliphatic rings. The summed E-state index contributed by atoms with van der Waals surface area (Å²) in [4.78, 5) is 12.1. The Balaban J connectivity index is 1.57. The van der Waals surface area contributed by atoms with Crippen LogP contribution in [0, 0.1) is 0 Å². The molecule has 1 saturated carbocycles. The number of carbonyl (C=O) groups excluding carboxylic acids is 1. The van der Waals surface area contributed by atoms with Crippen molar-refractivity contribution in [1.82, 2.24) is 20.1 Å². The van der Waals surface area contributed by atoms with Crippen molar-refractivity contribution in [1.29, 1.82) is 0 Å². The fourth-order valence-corrected chi connectivity index (χ4v) is 4.26. The normalized spacial score (nSPS) is 21.5. The average Bonchev–Trinajstić information content (AvgIpc) is 3.30. The van der Waals surface area contributed by atoms with Crippen molar-refractivity contribution in [3.05, 3.63) is 5.82 Å². The number of ether oxygens (including phenoxy) is 1. The third kappa shape index (κ3) is 4.72. The minimum atomic E-state index is 0.107. The molecule has 3 rings (SSSR count). The number of aromatic nitrogens is 3.